The van der Waals surface area contributed by atoms with Crippen molar-refractivity contribution in [1.82, 2.24) is 4.90 Å². The molecule has 1 heterocycles. The van der Waals surface area contributed by atoms with Crippen LogP contribution in [0.15, 0.2) is 45.8 Å². The number of benzene rings is 2. The Morgan fingerprint density at radius 3 is 2.56 bits per heavy atom. The van der Waals surface area contributed by atoms with E-state index in [1.807, 2.05) is 0 Å². The molecule has 3 rings (SSSR count). The lowest BCUT2D eigenvalue weighted by Gasteiger charge is -2.11. The molecule has 0 bridgehead atoms. The first-order chi connectivity index (χ1) is 12.9. The third kappa shape index (κ3) is 4.54. The van der Waals surface area contributed by atoms with Crippen LogP contribution in [0.3, 0.4) is 0 Å². The summed E-state index contributed by atoms with van der Waals surface area (Å²) in [5, 5.41) is 0.0746. The van der Waals surface area contributed by atoms with Crippen LogP contribution in [0.4, 0.5) is 9.18 Å². The summed E-state index contributed by atoms with van der Waals surface area (Å²) in [5.41, 5.74) is 1.47. The summed E-state index contributed by atoms with van der Waals surface area (Å²) in [6.45, 7) is 2.32. The zero-order valence-corrected chi connectivity index (χ0v) is 17.3. The van der Waals surface area contributed by atoms with Crippen LogP contribution in [0, 0.1) is 5.82 Å². The van der Waals surface area contributed by atoms with Gasteiger partial charge >= 0.3 is 0 Å². The normalized spacial score (nSPS) is 15.7. The van der Waals surface area contributed by atoms with Gasteiger partial charge in [-0.2, -0.15) is 0 Å². The van der Waals surface area contributed by atoms with Crippen molar-refractivity contribution in [3.05, 3.63) is 67.7 Å². The second-order valence-electron chi connectivity index (χ2n) is 5.65. The molecule has 0 N–H and O–H groups in total. The molecule has 0 aromatic heterocycles. The monoisotopic (exact) mass is 469 g/mol. The Morgan fingerprint density at radius 2 is 1.96 bits per heavy atom. The maximum atomic E-state index is 13.0. The summed E-state index contributed by atoms with van der Waals surface area (Å²) in [7, 11) is 0. The van der Waals surface area contributed by atoms with Crippen LogP contribution in [0.5, 0.6) is 5.75 Å². The zero-order chi connectivity index (χ0) is 19.6. The summed E-state index contributed by atoms with van der Waals surface area (Å²) in [4.78, 5) is 25.5. The Labute approximate surface area is 173 Å². The van der Waals surface area contributed by atoms with Crippen LogP contribution < -0.4 is 4.74 Å². The molecule has 0 spiro atoms. The largest absolute Gasteiger partial charge is 0.486 e. The quantitative estimate of drug-likeness (QED) is 0.512. The molecule has 1 aliphatic heterocycles. The number of carbonyl (C=O) groups is 2. The molecule has 1 saturated heterocycles. The Balaban J connectivity index is 1.79. The van der Waals surface area contributed by atoms with Gasteiger partial charge in [-0.05, 0) is 76.1 Å². The van der Waals surface area contributed by atoms with Gasteiger partial charge in [0.15, 0.2) is 5.75 Å². The fourth-order valence-corrected chi connectivity index (χ4v) is 4.35. The highest BCUT2D eigenvalue weighted by molar-refractivity contribution is 9.10. The lowest BCUT2D eigenvalue weighted by Crippen LogP contribution is -2.27. The van der Waals surface area contributed by atoms with Crippen molar-refractivity contribution in [3.8, 4) is 5.75 Å². The molecular weight excluding hydrogens is 457 g/mol. The van der Waals surface area contributed by atoms with E-state index in [2.05, 4.69) is 15.9 Å². The highest BCUT2D eigenvalue weighted by Crippen LogP contribution is 2.37. The molecule has 4 nitrogen and oxygen atoms in total. The summed E-state index contributed by atoms with van der Waals surface area (Å²) >= 11 is 10.6. The predicted molar refractivity (Wildman–Crippen MR) is 108 cm³/mol. The number of ether oxygens (including phenoxy) is 1. The summed E-state index contributed by atoms with van der Waals surface area (Å²) in [5.74, 6) is -0.175. The van der Waals surface area contributed by atoms with Gasteiger partial charge in [0.1, 0.15) is 12.4 Å². The Kier molecular flexibility index (Phi) is 6.24. The van der Waals surface area contributed by atoms with E-state index < -0.39 is 0 Å². The number of hydrogen-bond donors (Lipinski definition) is 0. The molecule has 1 fully saturated rings. The van der Waals surface area contributed by atoms with Crippen LogP contribution in [0.2, 0.25) is 5.02 Å². The lowest BCUT2D eigenvalue weighted by atomic mass is 10.2. The van der Waals surface area contributed by atoms with Crippen LogP contribution in [0.1, 0.15) is 18.1 Å². The van der Waals surface area contributed by atoms with E-state index in [-0.39, 0.29) is 23.6 Å². The van der Waals surface area contributed by atoms with Gasteiger partial charge < -0.3 is 4.74 Å². The van der Waals surface area contributed by atoms with Crippen LogP contribution >= 0.6 is 39.3 Å². The highest BCUT2D eigenvalue weighted by Gasteiger charge is 2.33. The molecule has 0 aliphatic carbocycles. The number of hydrogen-bond acceptors (Lipinski definition) is 4. The van der Waals surface area contributed by atoms with Gasteiger partial charge in [0.25, 0.3) is 11.1 Å². The molecule has 0 unspecified atom stereocenters. The molecule has 27 heavy (non-hydrogen) atoms. The number of nitrogens with zero attached hydrogens (tertiary/aromatic N) is 1. The minimum absolute atomic E-state index is 0.229. The number of amides is 2. The molecule has 0 radical (unpaired) electrons. The Morgan fingerprint density at radius 1 is 1.26 bits per heavy atom. The molecule has 2 aromatic carbocycles. The average molecular weight is 471 g/mol. The second-order valence-corrected chi connectivity index (χ2v) is 7.91. The first-order valence-electron chi connectivity index (χ1n) is 8.00. The van der Waals surface area contributed by atoms with Crippen molar-refractivity contribution < 1.29 is 18.7 Å². The van der Waals surface area contributed by atoms with Crippen LogP contribution in [-0.2, 0) is 11.4 Å². The molecule has 2 amide bonds. The van der Waals surface area contributed by atoms with Crippen molar-refractivity contribution in [3.63, 3.8) is 0 Å². The van der Waals surface area contributed by atoms with E-state index in [4.69, 9.17) is 16.3 Å². The molecular formula is C19H14BrClFNO3S. The van der Waals surface area contributed by atoms with E-state index >= 15 is 0 Å². The molecule has 8 heteroatoms. The number of likely N-dealkylation sites (N-methyl/N-ethyl adjacent to an activating group) is 1. The van der Waals surface area contributed by atoms with Gasteiger partial charge in [-0.25, -0.2) is 4.39 Å². The molecule has 2 aromatic rings. The maximum absolute atomic E-state index is 13.0. The number of rotatable bonds is 5. The minimum atomic E-state index is -0.310. The van der Waals surface area contributed by atoms with Crippen molar-refractivity contribution in [2.45, 2.75) is 13.5 Å². The zero-order valence-electron chi connectivity index (χ0n) is 14.2. The van der Waals surface area contributed by atoms with Gasteiger partial charge in [-0.3, -0.25) is 14.5 Å². The third-order valence-electron chi connectivity index (χ3n) is 3.80. The number of imide groups is 1. The van der Waals surface area contributed by atoms with E-state index in [0.29, 0.717) is 32.3 Å². The Hall–Kier alpha value is -1.83. The number of thioether (sulfide) groups is 1. The van der Waals surface area contributed by atoms with Crippen LogP contribution in [0.25, 0.3) is 6.08 Å². The fraction of sp³-hybridized carbons (Fsp3) is 0.158. The van der Waals surface area contributed by atoms with Crippen molar-refractivity contribution >= 4 is 56.5 Å². The Bertz CT molecular complexity index is 910. The predicted octanol–water partition coefficient (Wildman–Crippen LogP) is 5.88. The first kappa shape index (κ1) is 19.9. The van der Waals surface area contributed by atoms with E-state index in [0.717, 1.165) is 17.3 Å². The van der Waals surface area contributed by atoms with Gasteiger partial charge in [0.05, 0.1) is 14.4 Å². The smallest absolute Gasteiger partial charge is 0.293 e. The van der Waals surface area contributed by atoms with Gasteiger partial charge in [-0.1, -0.05) is 23.7 Å². The van der Waals surface area contributed by atoms with Gasteiger partial charge in [0.2, 0.25) is 0 Å². The number of halogens is 3. The summed E-state index contributed by atoms with van der Waals surface area (Å²) in [6.07, 6.45) is 1.63. The van der Waals surface area contributed by atoms with Crippen molar-refractivity contribution in [2.75, 3.05) is 6.54 Å². The summed E-state index contributed by atoms with van der Waals surface area (Å²) in [6, 6.07) is 9.41. The van der Waals surface area contributed by atoms with E-state index in [9.17, 15) is 14.0 Å². The van der Waals surface area contributed by atoms with E-state index in [1.54, 1.807) is 37.3 Å². The molecule has 0 saturated carbocycles. The average Bonchev–Trinajstić information content (AvgIpc) is 2.88. The van der Waals surface area contributed by atoms with Crippen LogP contribution in [-0.4, -0.2) is 22.6 Å². The van der Waals surface area contributed by atoms with Crippen molar-refractivity contribution in [2.24, 2.45) is 0 Å². The number of carbonyl (C=O) groups excluding carboxylic acids is 2. The lowest BCUT2D eigenvalue weighted by molar-refractivity contribution is -0.122. The highest BCUT2D eigenvalue weighted by atomic mass is 79.9. The molecule has 0 atom stereocenters. The second kappa shape index (κ2) is 8.46. The first-order valence-corrected chi connectivity index (χ1v) is 9.99. The van der Waals surface area contributed by atoms with Gasteiger partial charge in [0, 0.05) is 6.54 Å². The molecule has 1 aliphatic rings. The summed E-state index contributed by atoms with van der Waals surface area (Å²) < 4.78 is 19.3. The SMILES string of the molecule is CCN1C(=O)S/C(=C/c2cc(Cl)c(OCc3ccc(F)cc3)c(Br)c2)C1=O. The van der Waals surface area contributed by atoms with Gasteiger partial charge in [-0.15, -0.1) is 0 Å². The maximum Gasteiger partial charge on any atom is 0.293 e. The van der Waals surface area contributed by atoms with Crippen molar-refractivity contribution in [1.29, 1.82) is 0 Å². The fourth-order valence-electron chi connectivity index (χ4n) is 2.46. The standard InChI is InChI=1S/C19H14BrClFNO3S/c1-2-23-18(24)16(27-19(23)25)9-12-7-14(20)17(15(21)8-12)26-10-11-3-5-13(22)6-4-11/h3-9H,2,10H2,1H3/b16-9+. The molecule has 140 valence electrons. The minimum Gasteiger partial charge on any atom is -0.486 e. The topological polar surface area (TPSA) is 46.6 Å². The third-order valence-corrected chi connectivity index (χ3v) is 5.58. The van der Waals surface area contributed by atoms with E-state index in [1.165, 1.54) is 17.0 Å².